The number of halogens is 1. The van der Waals surface area contributed by atoms with Crippen LogP contribution in [0.2, 0.25) is 0 Å². The topological polar surface area (TPSA) is 41.9 Å². The Balaban J connectivity index is 2.37. The fourth-order valence-corrected chi connectivity index (χ4v) is 2.38. The van der Waals surface area contributed by atoms with Gasteiger partial charge >= 0.3 is 0 Å². The number of nitrogens with zero attached hydrogens (tertiary/aromatic N) is 1. The van der Waals surface area contributed by atoms with Crippen molar-refractivity contribution in [2.75, 3.05) is 27.3 Å². The summed E-state index contributed by atoms with van der Waals surface area (Å²) in [4.78, 5) is 1.87. The molecule has 0 saturated heterocycles. The van der Waals surface area contributed by atoms with E-state index in [1.54, 1.807) is 7.11 Å². The Morgan fingerprint density at radius 1 is 1.75 bits per heavy atom. The predicted molar refractivity (Wildman–Crippen MR) is 61.0 cm³/mol. The van der Waals surface area contributed by atoms with Gasteiger partial charge in [-0.15, -0.1) is 0 Å². The van der Waals surface area contributed by atoms with Crippen LogP contribution in [0.25, 0.3) is 0 Å². The molecule has 90 valence electrons. The lowest BCUT2D eigenvalue weighted by Gasteiger charge is -2.28. The zero-order valence-corrected chi connectivity index (χ0v) is 10.4. The van der Waals surface area contributed by atoms with Crippen LogP contribution in [-0.2, 0) is 9.47 Å². The molecule has 0 aromatic rings. The minimum Gasteiger partial charge on any atom is -0.381 e. The van der Waals surface area contributed by atoms with E-state index < -0.39 is 11.9 Å². The Morgan fingerprint density at radius 3 is 3.06 bits per heavy atom. The summed E-state index contributed by atoms with van der Waals surface area (Å²) in [5.74, 6) is 0. The molecule has 0 fully saturated rings. The van der Waals surface area contributed by atoms with Crippen LogP contribution >= 0.6 is 11.6 Å². The molecule has 0 radical (unpaired) electrons. The Labute approximate surface area is 100 Å². The molecule has 2 rings (SSSR count). The highest BCUT2D eigenvalue weighted by Crippen LogP contribution is 2.40. The molecule has 0 amide bonds. The fraction of sp³-hybridized carbons (Fsp3) is 0.636. The van der Waals surface area contributed by atoms with Crippen molar-refractivity contribution in [2.45, 2.75) is 18.8 Å². The first-order valence-corrected chi connectivity index (χ1v) is 5.52. The molecular weight excluding hydrogens is 230 g/mol. The molecule has 0 spiro atoms. The summed E-state index contributed by atoms with van der Waals surface area (Å²) in [6.45, 7) is 2.88. The Kier molecular flexibility index (Phi) is 3.01. The lowest BCUT2D eigenvalue weighted by Crippen LogP contribution is -2.34. The van der Waals surface area contributed by atoms with E-state index in [0.29, 0.717) is 18.3 Å². The summed E-state index contributed by atoms with van der Waals surface area (Å²) in [6, 6.07) is 0. The maximum absolute atomic E-state index is 9.86. The standard InChI is InChI=1S/C11H16ClNO3/c1-11(6-15-3)8-4-9(12)13(2)5-7(8)10(14)16-11/h4,10,14H,5-6H2,1-3H3. The van der Waals surface area contributed by atoms with Gasteiger partial charge in [0, 0.05) is 26.3 Å². The van der Waals surface area contributed by atoms with Crippen LogP contribution in [0.4, 0.5) is 0 Å². The summed E-state index contributed by atoms with van der Waals surface area (Å²) < 4.78 is 10.7. The molecule has 0 saturated carbocycles. The van der Waals surface area contributed by atoms with E-state index in [-0.39, 0.29) is 0 Å². The van der Waals surface area contributed by atoms with E-state index in [2.05, 4.69) is 0 Å². The van der Waals surface area contributed by atoms with E-state index in [4.69, 9.17) is 21.1 Å². The van der Waals surface area contributed by atoms with Gasteiger partial charge in [0.2, 0.25) is 0 Å². The Hall–Kier alpha value is -0.550. The second-order valence-electron chi connectivity index (χ2n) is 4.40. The normalized spacial score (nSPS) is 34.2. The van der Waals surface area contributed by atoms with Crippen molar-refractivity contribution in [1.82, 2.24) is 4.90 Å². The number of rotatable bonds is 2. The molecule has 4 nitrogen and oxygen atoms in total. The van der Waals surface area contributed by atoms with Crippen LogP contribution in [0, 0.1) is 0 Å². The molecule has 5 heteroatoms. The van der Waals surface area contributed by atoms with Crippen molar-refractivity contribution < 1.29 is 14.6 Å². The average molecular weight is 246 g/mol. The summed E-state index contributed by atoms with van der Waals surface area (Å²) in [7, 11) is 3.49. The highest BCUT2D eigenvalue weighted by molar-refractivity contribution is 6.29. The molecule has 0 aromatic heterocycles. The molecule has 2 aliphatic heterocycles. The third kappa shape index (κ3) is 1.76. The molecular formula is C11H16ClNO3. The van der Waals surface area contributed by atoms with Gasteiger partial charge < -0.3 is 19.5 Å². The largest absolute Gasteiger partial charge is 0.381 e. The summed E-state index contributed by atoms with van der Waals surface area (Å²) in [5, 5.41) is 10.5. The van der Waals surface area contributed by atoms with Crippen LogP contribution in [0.3, 0.4) is 0 Å². The van der Waals surface area contributed by atoms with E-state index in [9.17, 15) is 5.11 Å². The number of aliphatic hydroxyl groups excluding tert-OH is 1. The second kappa shape index (κ2) is 4.04. The van der Waals surface area contributed by atoms with E-state index in [1.807, 2.05) is 24.9 Å². The summed E-state index contributed by atoms with van der Waals surface area (Å²) in [5.41, 5.74) is 1.20. The van der Waals surface area contributed by atoms with Gasteiger partial charge in [-0.3, -0.25) is 0 Å². The van der Waals surface area contributed by atoms with Crippen molar-refractivity contribution in [1.29, 1.82) is 0 Å². The van der Waals surface area contributed by atoms with E-state index >= 15 is 0 Å². The molecule has 16 heavy (non-hydrogen) atoms. The third-order valence-electron chi connectivity index (χ3n) is 3.04. The fourth-order valence-electron chi connectivity index (χ4n) is 2.21. The average Bonchev–Trinajstić information content (AvgIpc) is 2.42. The molecule has 0 bridgehead atoms. The van der Waals surface area contributed by atoms with E-state index in [0.717, 1.165) is 11.1 Å². The minimum atomic E-state index is -0.862. The highest BCUT2D eigenvalue weighted by atomic mass is 35.5. The van der Waals surface area contributed by atoms with Crippen molar-refractivity contribution in [3.05, 3.63) is 22.4 Å². The monoisotopic (exact) mass is 245 g/mol. The van der Waals surface area contributed by atoms with Crippen LogP contribution < -0.4 is 0 Å². The maximum Gasteiger partial charge on any atom is 0.180 e. The van der Waals surface area contributed by atoms with Gasteiger partial charge in [0.05, 0.1) is 6.61 Å². The first kappa shape index (κ1) is 11.9. The van der Waals surface area contributed by atoms with Crippen LogP contribution in [0.1, 0.15) is 6.92 Å². The number of hydrogen-bond acceptors (Lipinski definition) is 4. The minimum absolute atomic E-state index is 0.396. The Morgan fingerprint density at radius 2 is 2.44 bits per heavy atom. The van der Waals surface area contributed by atoms with Crippen LogP contribution in [0.5, 0.6) is 0 Å². The highest BCUT2D eigenvalue weighted by Gasteiger charge is 2.44. The van der Waals surface area contributed by atoms with Gasteiger partial charge in [-0.05, 0) is 18.6 Å². The molecule has 2 unspecified atom stereocenters. The van der Waals surface area contributed by atoms with Gasteiger partial charge in [-0.2, -0.15) is 0 Å². The number of likely N-dealkylation sites (N-methyl/N-ethyl adjacent to an activating group) is 1. The Bertz CT molecular complexity index is 366. The molecule has 2 aliphatic rings. The zero-order chi connectivity index (χ0) is 11.9. The lowest BCUT2D eigenvalue weighted by molar-refractivity contribution is -0.141. The number of hydrogen-bond donors (Lipinski definition) is 1. The number of aliphatic hydroxyl groups is 1. The third-order valence-corrected chi connectivity index (χ3v) is 3.44. The summed E-state index contributed by atoms with van der Waals surface area (Å²) in [6.07, 6.45) is 0.980. The van der Waals surface area contributed by atoms with Crippen molar-refractivity contribution in [3.8, 4) is 0 Å². The van der Waals surface area contributed by atoms with Crippen molar-refractivity contribution in [3.63, 3.8) is 0 Å². The molecule has 0 aliphatic carbocycles. The maximum atomic E-state index is 9.86. The van der Waals surface area contributed by atoms with Gasteiger partial charge in [0.1, 0.15) is 10.8 Å². The SMILES string of the molecule is COCC1(C)OC(O)C2=C1C=C(Cl)N(C)C2. The van der Waals surface area contributed by atoms with Crippen molar-refractivity contribution >= 4 is 11.6 Å². The first-order chi connectivity index (χ1) is 7.48. The molecule has 2 heterocycles. The predicted octanol–water partition coefficient (Wildman–Crippen LogP) is 1.06. The summed E-state index contributed by atoms with van der Waals surface area (Å²) >= 11 is 6.08. The van der Waals surface area contributed by atoms with Crippen molar-refractivity contribution in [2.24, 2.45) is 0 Å². The molecule has 1 N–H and O–H groups in total. The van der Waals surface area contributed by atoms with Gasteiger partial charge in [0.25, 0.3) is 0 Å². The lowest BCUT2D eigenvalue weighted by atomic mass is 9.92. The molecule has 0 aromatic carbocycles. The first-order valence-electron chi connectivity index (χ1n) is 5.14. The molecule has 2 atom stereocenters. The van der Waals surface area contributed by atoms with E-state index in [1.165, 1.54) is 0 Å². The number of ether oxygens (including phenoxy) is 2. The van der Waals surface area contributed by atoms with Crippen LogP contribution in [-0.4, -0.2) is 49.2 Å². The van der Waals surface area contributed by atoms with Gasteiger partial charge in [-0.1, -0.05) is 11.6 Å². The smallest absolute Gasteiger partial charge is 0.180 e. The quantitative estimate of drug-likeness (QED) is 0.739. The van der Waals surface area contributed by atoms with Gasteiger partial charge in [0.15, 0.2) is 6.29 Å². The second-order valence-corrected chi connectivity index (χ2v) is 4.78. The van der Waals surface area contributed by atoms with Crippen LogP contribution in [0.15, 0.2) is 22.4 Å². The number of methoxy groups -OCH3 is 1. The van der Waals surface area contributed by atoms with Gasteiger partial charge in [-0.25, -0.2) is 0 Å². The zero-order valence-electron chi connectivity index (χ0n) is 9.66.